The third-order valence-electron chi connectivity index (χ3n) is 6.43. The second kappa shape index (κ2) is 8.77. The van der Waals surface area contributed by atoms with Crippen molar-refractivity contribution >= 4 is 34.4 Å². The molecule has 0 spiro atoms. The molecule has 4 rings (SSSR count). The third kappa shape index (κ3) is 3.72. The molecule has 0 radical (unpaired) electrons. The van der Waals surface area contributed by atoms with Crippen molar-refractivity contribution in [3.05, 3.63) is 70.8 Å². The number of carbonyl (C=O) groups is 2. The van der Waals surface area contributed by atoms with Crippen LogP contribution in [-0.2, 0) is 0 Å². The molecule has 1 aliphatic heterocycles. The number of ketones is 2. The maximum absolute atomic E-state index is 13.2. The van der Waals surface area contributed by atoms with Crippen LogP contribution in [0.1, 0.15) is 64.4 Å². The Bertz CT molecular complexity index is 1010. The molecule has 4 heteroatoms. The van der Waals surface area contributed by atoms with E-state index in [0.29, 0.717) is 24.8 Å². The minimum Gasteiger partial charge on any atom is -0.364 e. The first kappa shape index (κ1) is 20.9. The van der Waals surface area contributed by atoms with Gasteiger partial charge in [0.1, 0.15) is 0 Å². The number of aryl methyl sites for hydroxylation is 1. The summed E-state index contributed by atoms with van der Waals surface area (Å²) in [5.74, 6) is 0.715. The molecule has 30 heavy (non-hydrogen) atoms. The maximum atomic E-state index is 13.2. The van der Waals surface area contributed by atoms with Gasteiger partial charge in [-0.05, 0) is 62.4 Å². The van der Waals surface area contributed by atoms with Crippen LogP contribution in [0, 0.1) is 12.8 Å². The topological polar surface area (TPSA) is 37.4 Å². The van der Waals surface area contributed by atoms with Crippen molar-refractivity contribution in [1.82, 2.24) is 0 Å². The smallest absolute Gasteiger partial charge is 0.169 e. The molecule has 0 bridgehead atoms. The van der Waals surface area contributed by atoms with Gasteiger partial charge in [-0.1, -0.05) is 30.3 Å². The summed E-state index contributed by atoms with van der Waals surface area (Å²) in [6.07, 6.45) is 5.14. The number of halogens is 1. The number of allylic oxidation sites excluding steroid dienone is 1. The van der Waals surface area contributed by atoms with Gasteiger partial charge in [-0.25, -0.2) is 0 Å². The Morgan fingerprint density at radius 2 is 1.93 bits per heavy atom. The van der Waals surface area contributed by atoms with E-state index < -0.39 is 0 Å². The average Bonchev–Trinajstić information content (AvgIpc) is 3.09. The van der Waals surface area contributed by atoms with Crippen molar-refractivity contribution in [3.8, 4) is 0 Å². The van der Waals surface area contributed by atoms with Gasteiger partial charge in [0.15, 0.2) is 11.6 Å². The summed E-state index contributed by atoms with van der Waals surface area (Å²) in [4.78, 5) is 28.2. The normalized spacial score (nSPS) is 19.8. The van der Waals surface area contributed by atoms with Crippen molar-refractivity contribution in [2.24, 2.45) is 5.92 Å². The number of Topliss-reactive ketones (excluding diaryl/α,β-unsaturated/α-hetero) is 2. The van der Waals surface area contributed by atoms with E-state index in [-0.39, 0.29) is 17.5 Å². The van der Waals surface area contributed by atoms with E-state index in [1.165, 1.54) is 11.3 Å². The first-order chi connectivity index (χ1) is 14.5. The maximum Gasteiger partial charge on any atom is 0.169 e. The van der Waals surface area contributed by atoms with Gasteiger partial charge in [-0.15, -0.1) is 11.6 Å². The predicted octanol–water partition coefficient (Wildman–Crippen LogP) is 6.08. The summed E-state index contributed by atoms with van der Waals surface area (Å²) in [7, 11) is 0. The molecule has 156 valence electrons. The second-order valence-corrected chi connectivity index (χ2v) is 8.61. The Hall–Kier alpha value is -2.39. The number of anilines is 1. The van der Waals surface area contributed by atoms with Gasteiger partial charge in [0.2, 0.25) is 0 Å². The van der Waals surface area contributed by atoms with E-state index in [9.17, 15) is 9.59 Å². The fourth-order valence-corrected chi connectivity index (χ4v) is 5.01. The number of likely N-dealkylation sites (N-methyl/N-ethyl adjacent to an activating group) is 1. The van der Waals surface area contributed by atoms with Crippen LogP contribution in [0.2, 0.25) is 0 Å². The average molecular weight is 422 g/mol. The summed E-state index contributed by atoms with van der Waals surface area (Å²) < 4.78 is 0. The van der Waals surface area contributed by atoms with Crippen molar-refractivity contribution in [2.45, 2.75) is 45.6 Å². The molecule has 2 unspecified atom stereocenters. The monoisotopic (exact) mass is 421 g/mol. The highest BCUT2D eigenvalue weighted by molar-refractivity contribution is 6.18. The summed E-state index contributed by atoms with van der Waals surface area (Å²) in [6.45, 7) is 5.07. The minimum absolute atomic E-state index is 0.113. The number of hydrogen-bond donors (Lipinski definition) is 0. The molecule has 0 amide bonds. The second-order valence-electron chi connectivity index (χ2n) is 8.23. The predicted molar refractivity (Wildman–Crippen MR) is 124 cm³/mol. The Kier molecular flexibility index (Phi) is 6.10. The third-order valence-corrected chi connectivity index (χ3v) is 6.70. The van der Waals surface area contributed by atoms with Crippen LogP contribution in [0.4, 0.5) is 5.69 Å². The molecule has 2 aromatic rings. The highest BCUT2D eigenvalue weighted by atomic mass is 35.5. The molecule has 0 saturated carbocycles. The fourth-order valence-electron chi connectivity index (χ4n) is 4.87. The zero-order chi connectivity index (χ0) is 21.3. The van der Waals surface area contributed by atoms with Gasteiger partial charge < -0.3 is 4.90 Å². The fraction of sp³-hybridized carbons (Fsp3) is 0.385. The molecule has 2 atom stereocenters. The summed E-state index contributed by atoms with van der Waals surface area (Å²) in [5, 5.41) is 0. The van der Waals surface area contributed by atoms with Crippen LogP contribution in [-0.4, -0.2) is 30.0 Å². The molecular formula is C26H28ClNO2. The molecule has 1 heterocycles. The molecular weight excluding hydrogens is 394 g/mol. The van der Waals surface area contributed by atoms with Crippen LogP contribution in [0.15, 0.2) is 48.5 Å². The van der Waals surface area contributed by atoms with E-state index in [2.05, 4.69) is 24.0 Å². The lowest BCUT2D eigenvalue weighted by atomic mass is 9.81. The molecule has 0 aromatic heterocycles. The Labute approximate surface area is 183 Å². The SMILES string of the molecule is CCN1c2ccc(C(=O)CCCCl)cc2C2=CC(C(=O)c3ccccc3C)CCC21. The Morgan fingerprint density at radius 3 is 2.67 bits per heavy atom. The lowest BCUT2D eigenvalue weighted by molar-refractivity contribution is 0.0934. The Morgan fingerprint density at radius 1 is 1.13 bits per heavy atom. The zero-order valence-electron chi connectivity index (χ0n) is 17.7. The Balaban J connectivity index is 1.70. The first-order valence-corrected chi connectivity index (χ1v) is 11.4. The molecule has 1 aliphatic carbocycles. The molecule has 2 aromatic carbocycles. The molecule has 0 N–H and O–H groups in total. The van der Waals surface area contributed by atoms with Gasteiger partial charge in [-0.2, -0.15) is 0 Å². The van der Waals surface area contributed by atoms with E-state index in [1.54, 1.807) is 0 Å². The van der Waals surface area contributed by atoms with Crippen molar-refractivity contribution in [3.63, 3.8) is 0 Å². The number of fused-ring (bicyclic) bond motifs is 3. The number of hydrogen-bond acceptors (Lipinski definition) is 3. The molecule has 0 fully saturated rings. The largest absolute Gasteiger partial charge is 0.364 e. The van der Waals surface area contributed by atoms with Gasteiger partial charge in [0.25, 0.3) is 0 Å². The number of rotatable bonds is 7. The number of benzene rings is 2. The van der Waals surface area contributed by atoms with Crippen molar-refractivity contribution < 1.29 is 9.59 Å². The lowest BCUT2D eigenvalue weighted by Gasteiger charge is -2.31. The number of carbonyl (C=O) groups excluding carboxylic acids is 2. The molecule has 2 aliphatic rings. The van der Waals surface area contributed by atoms with Crippen LogP contribution in [0.25, 0.3) is 5.57 Å². The summed E-state index contributed by atoms with van der Waals surface area (Å²) >= 11 is 5.76. The minimum atomic E-state index is -0.113. The first-order valence-electron chi connectivity index (χ1n) is 10.9. The molecule has 3 nitrogen and oxygen atoms in total. The van der Waals surface area contributed by atoms with Crippen molar-refractivity contribution in [1.29, 1.82) is 0 Å². The van der Waals surface area contributed by atoms with E-state index in [0.717, 1.165) is 41.6 Å². The standard InChI is InChI=1S/C26H28ClNO2/c1-3-28-23-12-10-18(25(29)9-6-14-27)15-21(23)22-16-19(11-13-24(22)28)26(30)20-8-5-4-7-17(20)2/h4-5,7-8,10,12,15-16,19,24H,3,6,9,11,13-14H2,1-2H3. The van der Waals surface area contributed by atoms with Gasteiger partial charge >= 0.3 is 0 Å². The van der Waals surface area contributed by atoms with Crippen LogP contribution >= 0.6 is 11.6 Å². The lowest BCUT2D eigenvalue weighted by Crippen LogP contribution is -2.34. The number of alkyl halides is 1. The molecule has 0 saturated heterocycles. The van der Waals surface area contributed by atoms with E-state index >= 15 is 0 Å². The van der Waals surface area contributed by atoms with Gasteiger partial charge in [0, 0.05) is 47.1 Å². The highest BCUT2D eigenvalue weighted by Crippen LogP contribution is 2.46. The summed E-state index contributed by atoms with van der Waals surface area (Å²) in [6, 6.07) is 14.2. The number of nitrogens with zero attached hydrogens (tertiary/aromatic N) is 1. The van der Waals surface area contributed by atoms with Gasteiger partial charge in [0.05, 0.1) is 6.04 Å². The quantitative estimate of drug-likeness (QED) is 0.401. The highest BCUT2D eigenvalue weighted by Gasteiger charge is 2.38. The van der Waals surface area contributed by atoms with E-state index in [1.807, 2.05) is 43.3 Å². The van der Waals surface area contributed by atoms with E-state index in [4.69, 9.17) is 11.6 Å². The van der Waals surface area contributed by atoms with Crippen LogP contribution in [0.3, 0.4) is 0 Å². The van der Waals surface area contributed by atoms with Crippen LogP contribution in [0.5, 0.6) is 0 Å². The van der Waals surface area contributed by atoms with Crippen molar-refractivity contribution in [2.75, 3.05) is 17.3 Å². The van der Waals surface area contributed by atoms with Crippen LogP contribution < -0.4 is 4.90 Å². The zero-order valence-corrected chi connectivity index (χ0v) is 18.4. The summed E-state index contributed by atoms with van der Waals surface area (Å²) in [5.41, 5.74) is 6.07. The van der Waals surface area contributed by atoms with Gasteiger partial charge in [-0.3, -0.25) is 9.59 Å².